The lowest BCUT2D eigenvalue weighted by Crippen LogP contribution is -2.33. The number of carbonyl (C=O) groups excluding carboxylic acids is 1. The Bertz CT molecular complexity index is 397. The van der Waals surface area contributed by atoms with Gasteiger partial charge in [-0.25, -0.2) is 0 Å². The molecule has 0 aliphatic carbocycles. The summed E-state index contributed by atoms with van der Waals surface area (Å²) < 4.78 is 5.12. The van der Waals surface area contributed by atoms with Gasteiger partial charge in [0.25, 0.3) is 0 Å². The van der Waals surface area contributed by atoms with Crippen LogP contribution in [0.15, 0.2) is 24.3 Å². The van der Waals surface area contributed by atoms with E-state index in [1.54, 1.807) is 7.11 Å². The molecule has 0 bridgehead atoms. The molecule has 98 valence electrons. The molecule has 1 aromatic rings. The average Bonchev–Trinajstić information content (AvgIpc) is 2.92. The second-order valence-corrected chi connectivity index (χ2v) is 4.69. The zero-order chi connectivity index (χ0) is 13.0. The highest BCUT2D eigenvalue weighted by molar-refractivity contribution is 5.79. The van der Waals surface area contributed by atoms with Crippen molar-refractivity contribution in [3.8, 4) is 5.75 Å². The summed E-state index contributed by atoms with van der Waals surface area (Å²) in [6.45, 7) is 3.73. The molecule has 1 aliphatic rings. The fourth-order valence-corrected chi connectivity index (χ4v) is 2.19. The molecule has 2 N–H and O–H groups in total. The lowest BCUT2D eigenvalue weighted by molar-refractivity contribution is -0.125. The highest BCUT2D eigenvalue weighted by Gasteiger charge is 2.23. The van der Waals surface area contributed by atoms with Gasteiger partial charge in [0.05, 0.1) is 19.1 Å². The van der Waals surface area contributed by atoms with Crippen molar-refractivity contribution >= 4 is 5.91 Å². The van der Waals surface area contributed by atoms with Crippen LogP contribution in [0, 0.1) is 5.92 Å². The maximum Gasteiger partial charge on any atom is 0.224 e. The van der Waals surface area contributed by atoms with Crippen molar-refractivity contribution in [2.75, 3.05) is 20.2 Å². The summed E-state index contributed by atoms with van der Waals surface area (Å²) >= 11 is 0. The van der Waals surface area contributed by atoms with E-state index in [4.69, 9.17) is 4.74 Å². The van der Waals surface area contributed by atoms with Crippen LogP contribution < -0.4 is 15.4 Å². The second kappa shape index (κ2) is 5.87. The first-order valence-electron chi connectivity index (χ1n) is 6.35. The first kappa shape index (κ1) is 12.9. The van der Waals surface area contributed by atoms with E-state index in [1.165, 1.54) is 0 Å². The number of benzene rings is 1. The Labute approximate surface area is 108 Å². The van der Waals surface area contributed by atoms with E-state index in [0.29, 0.717) is 0 Å². The van der Waals surface area contributed by atoms with Crippen LogP contribution in [0.4, 0.5) is 0 Å². The van der Waals surface area contributed by atoms with Crippen LogP contribution in [0.1, 0.15) is 24.9 Å². The summed E-state index contributed by atoms with van der Waals surface area (Å²) in [5.74, 6) is 1.09. The lowest BCUT2D eigenvalue weighted by atomic mass is 10.1. The average molecular weight is 248 g/mol. The van der Waals surface area contributed by atoms with Crippen LogP contribution in [0.5, 0.6) is 5.75 Å². The van der Waals surface area contributed by atoms with Crippen LogP contribution in [-0.4, -0.2) is 26.1 Å². The maximum atomic E-state index is 12.0. The van der Waals surface area contributed by atoms with Crippen molar-refractivity contribution in [2.24, 2.45) is 5.92 Å². The minimum absolute atomic E-state index is 0.0315. The summed E-state index contributed by atoms with van der Waals surface area (Å²) in [6.07, 6.45) is 0.932. The third-order valence-corrected chi connectivity index (χ3v) is 3.41. The van der Waals surface area contributed by atoms with Gasteiger partial charge in [-0.3, -0.25) is 4.79 Å². The molecule has 2 atom stereocenters. The van der Waals surface area contributed by atoms with Gasteiger partial charge in [0, 0.05) is 6.54 Å². The van der Waals surface area contributed by atoms with Gasteiger partial charge in [-0.2, -0.15) is 0 Å². The molecule has 1 aromatic carbocycles. The molecule has 4 nitrogen and oxygen atoms in total. The molecule has 1 saturated heterocycles. The molecular weight excluding hydrogens is 228 g/mol. The third kappa shape index (κ3) is 3.01. The van der Waals surface area contributed by atoms with E-state index < -0.39 is 0 Å². The highest BCUT2D eigenvalue weighted by Crippen LogP contribution is 2.18. The highest BCUT2D eigenvalue weighted by atomic mass is 16.5. The molecule has 4 heteroatoms. The molecule has 1 heterocycles. The van der Waals surface area contributed by atoms with E-state index in [2.05, 4.69) is 10.6 Å². The predicted octanol–water partition coefficient (Wildman–Crippen LogP) is 1.48. The van der Waals surface area contributed by atoms with Gasteiger partial charge >= 0.3 is 0 Å². The topological polar surface area (TPSA) is 50.4 Å². The van der Waals surface area contributed by atoms with Crippen molar-refractivity contribution < 1.29 is 9.53 Å². The quantitative estimate of drug-likeness (QED) is 0.848. The zero-order valence-electron chi connectivity index (χ0n) is 10.9. The van der Waals surface area contributed by atoms with Gasteiger partial charge in [-0.1, -0.05) is 12.1 Å². The lowest BCUT2D eigenvalue weighted by Gasteiger charge is -2.17. The second-order valence-electron chi connectivity index (χ2n) is 4.69. The molecule has 1 amide bonds. The van der Waals surface area contributed by atoms with Crippen molar-refractivity contribution in [1.29, 1.82) is 0 Å². The monoisotopic (exact) mass is 248 g/mol. The number of hydrogen-bond donors (Lipinski definition) is 2. The van der Waals surface area contributed by atoms with Crippen molar-refractivity contribution in [3.63, 3.8) is 0 Å². The number of hydrogen-bond acceptors (Lipinski definition) is 3. The summed E-state index contributed by atoms with van der Waals surface area (Å²) in [6, 6.07) is 7.82. The normalized spacial score (nSPS) is 20.4. The Balaban J connectivity index is 1.93. The number of rotatable bonds is 4. The molecule has 0 spiro atoms. The Morgan fingerprint density at radius 3 is 2.72 bits per heavy atom. The summed E-state index contributed by atoms with van der Waals surface area (Å²) in [4.78, 5) is 12.0. The van der Waals surface area contributed by atoms with E-state index >= 15 is 0 Å². The third-order valence-electron chi connectivity index (χ3n) is 3.41. The van der Waals surface area contributed by atoms with Crippen LogP contribution in [-0.2, 0) is 4.79 Å². The number of nitrogens with one attached hydrogen (secondary N) is 2. The first-order valence-corrected chi connectivity index (χ1v) is 6.35. The molecule has 1 fully saturated rings. The fraction of sp³-hybridized carbons (Fsp3) is 0.500. The molecule has 2 unspecified atom stereocenters. The fourth-order valence-electron chi connectivity index (χ4n) is 2.19. The van der Waals surface area contributed by atoms with Crippen molar-refractivity contribution in [1.82, 2.24) is 10.6 Å². The molecule has 2 rings (SSSR count). The molecule has 0 radical (unpaired) electrons. The van der Waals surface area contributed by atoms with Gasteiger partial charge in [0.15, 0.2) is 0 Å². The minimum atomic E-state index is 0.0315. The van der Waals surface area contributed by atoms with E-state index in [1.807, 2.05) is 31.2 Å². The van der Waals surface area contributed by atoms with Gasteiger partial charge in [-0.15, -0.1) is 0 Å². The SMILES string of the molecule is COc1ccc(C(C)NC(=O)C2CCNC2)cc1. The smallest absolute Gasteiger partial charge is 0.224 e. The molecular formula is C14H20N2O2. The predicted molar refractivity (Wildman–Crippen MR) is 70.5 cm³/mol. The number of amides is 1. The van der Waals surface area contributed by atoms with Crippen molar-refractivity contribution in [2.45, 2.75) is 19.4 Å². The van der Waals surface area contributed by atoms with Crippen LogP contribution in [0.2, 0.25) is 0 Å². The van der Waals surface area contributed by atoms with E-state index in [9.17, 15) is 4.79 Å². The number of methoxy groups -OCH3 is 1. The Morgan fingerprint density at radius 1 is 1.44 bits per heavy atom. The van der Waals surface area contributed by atoms with Gasteiger partial charge < -0.3 is 15.4 Å². The molecule has 1 aliphatic heterocycles. The van der Waals surface area contributed by atoms with E-state index in [0.717, 1.165) is 30.8 Å². The summed E-state index contributed by atoms with van der Waals surface area (Å²) in [7, 11) is 1.65. The number of ether oxygens (including phenoxy) is 1. The Hall–Kier alpha value is -1.55. The van der Waals surface area contributed by atoms with E-state index in [-0.39, 0.29) is 17.9 Å². The Kier molecular flexibility index (Phi) is 4.20. The van der Waals surface area contributed by atoms with Crippen molar-refractivity contribution in [3.05, 3.63) is 29.8 Å². The molecule has 0 aromatic heterocycles. The Morgan fingerprint density at radius 2 is 2.17 bits per heavy atom. The standard InChI is InChI=1S/C14H20N2O2/c1-10(11-3-5-13(18-2)6-4-11)16-14(17)12-7-8-15-9-12/h3-6,10,12,15H,7-9H2,1-2H3,(H,16,17). The zero-order valence-corrected chi connectivity index (χ0v) is 10.9. The maximum absolute atomic E-state index is 12.0. The van der Waals surface area contributed by atoms with Gasteiger partial charge in [-0.05, 0) is 37.6 Å². The molecule has 0 saturated carbocycles. The summed E-state index contributed by atoms with van der Waals surface area (Å²) in [5, 5.41) is 6.26. The van der Waals surface area contributed by atoms with Crippen LogP contribution in [0.25, 0.3) is 0 Å². The van der Waals surface area contributed by atoms with Gasteiger partial charge in [0.1, 0.15) is 5.75 Å². The minimum Gasteiger partial charge on any atom is -0.497 e. The van der Waals surface area contributed by atoms with Gasteiger partial charge in [0.2, 0.25) is 5.91 Å². The summed E-state index contributed by atoms with van der Waals surface area (Å²) in [5.41, 5.74) is 1.09. The van der Waals surface area contributed by atoms with Crippen LogP contribution in [0.3, 0.4) is 0 Å². The molecule has 18 heavy (non-hydrogen) atoms. The first-order chi connectivity index (χ1) is 8.70. The largest absolute Gasteiger partial charge is 0.497 e. The van der Waals surface area contributed by atoms with Crippen LogP contribution >= 0.6 is 0 Å². The number of carbonyl (C=O) groups is 1.